The van der Waals surface area contributed by atoms with Crippen molar-refractivity contribution in [1.29, 1.82) is 0 Å². The summed E-state index contributed by atoms with van der Waals surface area (Å²) in [6.45, 7) is 5.11. The Balaban J connectivity index is 0.00000364. The maximum Gasteiger partial charge on any atom is 0.191 e. The van der Waals surface area contributed by atoms with Crippen LogP contribution in [-0.4, -0.2) is 37.8 Å². The maximum absolute atomic E-state index is 13.1. The van der Waals surface area contributed by atoms with Crippen molar-refractivity contribution in [2.24, 2.45) is 4.99 Å². The summed E-state index contributed by atoms with van der Waals surface area (Å²) in [5, 5.41) is 20.8. The van der Waals surface area contributed by atoms with Crippen LogP contribution < -0.4 is 10.6 Å². The second-order valence-corrected chi connectivity index (χ2v) is 6.92. The Bertz CT molecular complexity index is 693. The van der Waals surface area contributed by atoms with Gasteiger partial charge in [-0.25, -0.2) is 9.38 Å². The number of nitrogens with one attached hydrogen (secondary N) is 2. The lowest BCUT2D eigenvalue weighted by molar-refractivity contribution is 0.0676. The van der Waals surface area contributed by atoms with Gasteiger partial charge in [0, 0.05) is 20.2 Å². The van der Waals surface area contributed by atoms with Crippen molar-refractivity contribution in [2.45, 2.75) is 25.6 Å². The molecule has 2 rings (SSSR count). The van der Waals surface area contributed by atoms with E-state index in [1.807, 2.05) is 23.8 Å². The van der Waals surface area contributed by atoms with Gasteiger partial charge in [0.1, 0.15) is 11.4 Å². The highest BCUT2D eigenvalue weighted by atomic mass is 127. The Hall–Kier alpha value is -1.23. The molecule has 0 saturated heterocycles. The molecule has 3 N–H and O–H groups in total. The SMILES string of the molecule is CCNC(=NCC(C)(O)c1ccsc1)NCC(OC)c1ccc(F)cc1.I. The van der Waals surface area contributed by atoms with Crippen LogP contribution in [0.4, 0.5) is 4.39 Å². The number of aliphatic imine (C=N–C) groups is 1. The van der Waals surface area contributed by atoms with Gasteiger partial charge in [0.2, 0.25) is 0 Å². The first-order valence-electron chi connectivity index (χ1n) is 8.51. The number of hydrogen-bond acceptors (Lipinski definition) is 4. The summed E-state index contributed by atoms with van der Waals surface area (Å²) in [6, 6.07) is 8.14. The molecule has 0 radical (unpaired) electrons. The minimum absolute atomic E-state index is 0. The normalized spacial score (nSPS) is 14.8. The van der Waals surface area contributed by atoms with Gasteiger partial charge < -0.3 is 20.5 Å². The number of nitrogens with zero attached hydrogens (tertiary/aromatic N) is 1. The van der Waals surface area contributed by atoms with Crippen molar-refractivity contribution in [3.05, 3.63) is 58.0 Å². The van der Waals surface area contributed by atoms with E-state index in [0.717, 1.165) is 11.1 Å². The maximum atomic E-state index is 13.1. The van der Waals surface area contributed by atoms with Gasteiger partial charge in [0.25, 0.3) is 0 Å². The third-order valence-corrected chi connectivity index (χ3v) is 4.70. The number of thiophene rings is 1. The molecule has 0 spiro atoms. The standard InChI is InChI=1S/C19H26FN3O2S.HI/c1-4-21-18(23-13-19(2,24)15-9-10-26-12-15)22-11-17(25-3)14-5-7-16(20)8-6-14;/h5-10,12,17,24H,4,11,13H2,1-3H3,(H2,21,22,23);1H. The molecular weight excluding hydrogens is 480 g/mol. The lowest BCUT2D eigenvalue weighted by atomic mass is 10.00. The number of methoxy groups -OCH3 is 1. The van der Waals surface area contributed by atoms with Gasteiger partial charge in [-0.3, -0.25) is 0 Å². The topological polar surface area (TPSA) is 65.9 Å². The molecule has 27 heavy (non-hydrogen) atoms. The van der Waals surface area contributed by atoms with Crippen molar-refractivity contribution in [2.75, 3.05) is 26.7 Å². The zero-order valence-electron chi connectivity index (χ0n) is 15.7. The lowest BCUT2D eigenvalue weighted by Crippen LogP contribution is -2.40. The lowest BCUT2D eigenvalue weighted by Gasteiger charge is -2.22. The van der Waals surface area contributed by atoms with E-state index in [1.54, 1.807) is 37.5 Å². The van der Waals surface area contributed by atoms with Gasteiger partial charge in [-0.15, -0.1) is 24.0 Å². The molecule has 0 aliphatic carbocycles. The van der Waals surface area contributed by atoms with Gasteiger partial charge in [0.15, 0.2) is 5.96 Å². The third-order valence-electron chi connectivity index (χ3n) is 4.01. The number of halogens is 2. The van der Waals surface area contributed by atoms with Crippen LogP contribution in [0.3, 0.4) is 0 Å². The molecule has 1 aromatic heterocycles. The Kier molecular flexibility index (Phi) is 10.2. The molecule has 5 nitrogen and oxygen atoms in total. The van der Waals surface area contributed by atoms with Crippen LogP contribution in [0.5, 0.6) is 0 Å². The van der Waals surface area contributed by atoms with Crippen LogP contribution in [0.15, 0.2) is 46.1 Å². The summed E-state index contributed by atoms with van der Waals surface area (Å²) in [5.74, 6) is 0.314. The molecule has 2 atom stereocenters. The van der Waals surface area contributed by atoms with Crippen molar-refractivity contribution >= 4 is 41.3 Å². The molecule has 150 valence electrons. The van der Waals surface area contributed by atoms with Crippen molar-refractivity contribution in [1.82, 2.24) is 10.6 Å². The van der Waals surface area contributed by atoms with E-state index >= 15 is 0 Å². The second kappa shape index (κ2) is 11.6. The molecule has 2 unspecified atom stereocenters. The molecule has 0 fully saturated rings. The molecule has 0 amide bonds. The van der Waals surface area contributed by atoms with E-state index in [0.29, 0.717) is 19.0 Å². The van der Waals surface area contributed by atoms with Crippen LogP contribution in [0.1, 0.15) is 31.1 Å². The van der Waals surface area contributed by atoms with Crippen molar-refractivity contribution in [3.63, 3.8) is 0 Å². The van der Waals surface area contributed by atoms with E-state index in [1.165, 1.54) is 12.1 Å². The minimum atomic E-state index is -1.03. The highest BCUT2D eigenvalue weighted by Gasteiger charge is 2.23. The molecule has 2 aromatic rings. The largest absolute Gasteiger partial charge is 0.383 e. The predicted molar refractivity (Wildman–Crippen MR) is 119 cm³/mol. The van der Waals surface area contributed by atoms with Crippen molar-refractivity contribution in [3.8, 4) is 0 Å². The fraction of sp³-hybridized carbons (Fsp3) is 0.421. The monoisotopic (exact) mass is 507 g/mol. The molecular formula is C19H27FIN3O2S. The number of benzene rings is 1. The van der Waals surface area contributed by atoms with E-state index in [-0.39, 0.29) is 42.4 Å². The smallest absolute Gasteiger partial charge is 0.191 e. The van der Waals surface area contributed by atoms with E-state index in [4.69, 9.17) is 4.74 Å². The van der Waals surface area contributed by atoms with Crippen LogP contribution in [0.25, 0.3) is 0 Å². The summed E-state index contributed by atoms with van der Waals surface area (Å²) in [4.78, 5) is 4.49. The number of hydrogen-bond donors (Lipinski definition) is 3. The predicted octanol–water partition coefficient (Wildman–Crippen LogP) is 3.66. The molecule has 0 bridgehead atoms. The number of aliphatic hydroxyl groups is 1. The molecule has 0 saturated carbocycles. The first kappa shape index (κ1) is 23.8. The molecule has 1 heterocycles. The summed E-state index contributed by atoms with van der Waals surface area (Å²) in [6.07, 6.45) is -0.239. The number of guanidine groups is 1. The average molecular weight is 507 g/mol. The molecule has 8 heteroatoms. The Morgan fingerprint density at radius 1 is 1.30 bits per heavy atom. The molecule has 0 aliphatic heterocycles. The first-order valence-corrected chi connectivity index (χ1v) is 9.46. The van der Waals surface area contributed by atoms with Crippen LogP contribution in [-0.2, 0) is 10.3 Å². The number of rotatable bonds is 8. The van der Waals surface area contributed by atoms with Gasteiger partial charge in [-0.2, -0.15) is 11.3 Å². The Labute approximate surface area is 181 Å². The molecule has 0 aliphatic rings. The van der Waals surface area contributed by atoms with E-state index in [2.05, 4.69) is 15.6 Å². The highest BCUT2D eigenvalue weighted by molar-refractivity contribution is 14.0. The zero-order chi connectivity index (χ0) is 19.0. The quantitative estimate of drug-likeness (QED) is 0.290. The van der Waals surface area contributed by atoms with Gasteiger partial charge in [-0.1, -0.05) is 12.1 Å². The zero-order valence-corrected chi connectivity index (χ0v) is 18.9. The molecule has 1 aromatic carbocycles. The van der Waals surface area contributed by atoms with Crippen LogP contribution in [0, 0.1) is 5.82 Å². The first-order chi connectivity index (χ1) is 12.5. The fourth-order valence-electron chi connectivity index (χ4n) is 2.44. The third kappa shape index (κ3) is 7.36. The Morgan fingerprint density at radius 3 is 2.56 bits per heavy atom. The summed E-state index contributed by atoms with van der Waals surface area (Å²) >= 11 is 1.54. The van der Waals surface area contributed by atoms with Gasteiger partial charge >= 0.3 is 0 Å². The van der Waals surface area contributed by atoms with E-state index < -0.39 is 5.60 Å². The Morgan fingerprint density at radius 2 is 2.00 bits per heavy atom. The second-order valence-electron chi connectivity index (χ2n) is 6.14. The number of ether oxygens (including phenoxy) is 1. The van der Waals surface area contributed by atoms with Crippen LogP contribution in [0.2, 0.25) is 0 Å². The van der Waals surface area contributed by atoms with E-state index in [9.17, 15) is 9.50 Å². The van der Waals surface area contributed by atoms with Crippen molar-refractivity contribution < 1.29 is 14.2 Å². The van der Waals surface area contributed by atoms with Crippen LogP contribution >= 0.6 is 35.3 Å². The van der Waals surface area contributed by atoms with Gasteiger partial charge in [-0.05, 0) is 53.9 Å². The average Bonchev–Trinajstić information content (AvgIpc) is 3.17. The summed E-state index contributed by atoms with van der Waals surface area (Å²) < 4.78 is 18.6. The summed E-state index contributed by atoms with van der Waals surface area (Å²) in [5.41, 5.74) is 0.700. The highest BCUT2D eigenvalue weighted by Crippen LogP contribution is 2.23. The van der Waals surface area contributed by atoms with Gasteiger partial charge in [0.05, 0.1) is 12.6 Å². The summed E-state index contributed by atoms with van der Waals surface area (Å²) in [7, 11) is 1.61. The minimum Gasteiger partial charge on any atom is -0.383 e. The fourth-order valence-corrected chi connectivity index (χ4v) is 3.22.